The van der Waals surface area contributed by atoms with E-state index in [2.05, 4.69) is 4.98 Å². The third kappa shape index (κ3) is 3.42. The van der Waals surface area contributed by atoms with Crippen molar-refractivity contribution in [3.63, 3.8) is 0 Å². The summed E-state index contributed by atoms with van der Waals surface area (Å²) in [6.45, 7) is 2.04. The molecule has 29 heavy (non-hydrogen) atoms. The molecule has 2 fully saturated rings. The van der Waals surface area contributed by atoms with Crippen molar-refractivity contribution in [3.05, 3.63) is 30.6 Å². The number of hydrogen-bond donors (Lipinski definition) is 1. The van der Waals surface area contributed by atoms with Gasteiger partial charge in [-0.2, -0.15) is 4.98 Å². The predicted molar refractivity (Wildman–Crippen MR) is 109 cm³/mol. The van der Waals surface area contributed by atoms with Crippen LogP contribution in [-0.4, -0.2) is 57.5 Å². The maximum atomic E-state index is 9.99. The van der Waals surface area contributed by atoms with E-state index in [-0.39, 0.29) is 12.3 Å². The second-order valence-electron chi connectivity index (χ2n) is 7.63. The zero-order valence-corrected chi connectivity index (χ0v) is 16.5. The average Bonchev–Trinajstić information content (AvgIpc) is 3.40. The molecule has 1 aromatic carbocycles. The van der Waals surface area contributed by atoms with Crippen LogP contribution in [0.2, 0.25) is 0 Å². The van der Waals surface area contributed by atoms with E-state index in [4.69, 9.17) is 19.4 Å². The van der Waals surface area contributed by atoms with Crippen molar-refractivity contribution in [2.24, 2.45) is 0 Å². The minimum absolute atomic E-state index is 0.0515. The molecule has 0 amide bonds. The van der Waals surface area contributed by atoms with E-state index in [0.29, 0.717) is 12.5 Å². The van der Waals surface area contributed by atoms with Crippen LogP contribution in [0.4, 0.5) is 5.95 Å². The fourth-order valence-corrected chi connectivity index (χ4v) is 4.07. The molecule has 1 N–H and O–H groups in total. The minimum Gasteiger partial charge on any atom is -0.497 e. The van der Waals surface area contributed by atoms with E-state index in [9.17, 15) is 5.11 Å². The highest BCUT2D eigenvalue weighted by atomic mass is 16.5. The number of nitrogens with zero attached hydrogens (tertiary/aromatic N) is 5. The van der Waals surface area contributed by atoms with Gasteiger partial charge in [0.05, 0.1) is 19.5 Å². The summed E-state index contributed by atoms with van der Waals surface area (Å²) in [6, 6.07) is 7.81. The lowest BCUT2D eigenvalue weighted by atomic mass is 10.1. The summed E-state index contributed by atoms with van der Waals surface area (Å²) in [5.41, 5.74) is 3.26. The summed E-state index contributed by atoms with van der Waals surface area (Å²) >= 11 is 0. The molecule has 2 atom stereocenters. The lowest BCUT2D eigenvalue weighted by Crippen LogP contribution is -2.24. The third-order valence-corrected chi connectivity index (χ3v) is 5.69. The van der Waals surface area contributed by atoms with Crippen LogP contribution in [0.25, 0.3) is 22.4 Å². The number of aromatic nitrogens is 4. The number of aliphatic hydroxyl groups excluding tert-OH is 1. The van der Waals surface area contributed by atoms with Gasteiger partial charge in [-0.05, 0) is 49.9 Å². The van der Waals surface area contributed by atoms with Crippen molar-refractivity contribution in [2.75, 3.05) is 31.7 Å². The van der Waals surface area contributed by atoms with Crippen LogP contribution in [-0.2, 0) is 4.74 Å². The number of ether oxygens (including phenoxy) is 2. The van der Waals surface area contributed by atoms with Gasteiger partial charge in [-0.1, -0.05) is 0 Å². The molecular weight excluding hydrogens is 370 g/mol. The van der Waals surface area contributed by atoms with Crippen LogP contribution in [0.15, 0.2) is 30.6 Å². The van der Waals surface area contributed by atoms with E-state index in [1.54, 1.807) is 7.11 Å². The van der Waals surface area contributed by atoms with E-state index < -0.39 is 0 Å². The Kier molecular flexibility index (Phi) is 4.81. The molecule has 0 aliphatic carbocycles. The number of methoxy groups -OCH3 is 1. The van der Waals surface area contributed by atoms with Gasteiger partial charge in [0.25, 0.3) is 0 Å². The lowest BCUT2D eigenvalue weighted by molar-refractivity contribution is -0.0298. The Labute approximate surface area is 169 Å². The second kappa shape index (κ2) is 7.61. The fourth-order valence-electron chi connectivity index (χ4n) is 4.07. The van der Waals surface area contributed by atoms with Crippen LogP contribution >= 0.6 is 0 Å². The first-order valence-corrected chi connectivity index (χ1v) is 10.2. The van der Waals surface area contributed by atoms with Crippen molar-refractivity contribution in [2.45, 2.75) is 38.0 Å². The number of benzene rings is 1. The molecule has 0 radical (unpaired) electrons. The van der Waals surface area contributed by atoms with Gasteiger partial charge in [-0.3, -0.25) is 4.57 Å². The number of imidazole rings is 1. The highest BCUT2D eigenvalue weighted by molar-refractivity contribution is 5.88. The van der Waals surface area contributed by atoms with Crippen molar-refractivity contribution in [3.8, 4) is 17.0 Å². The summed E-state index contributed by atoms with van der Waals surface area (Å²) in [4.78, 5) is 16.4. The number of rotatable bonds is 4. The smallest absolute Gasteiger partial charge is 0.228 e. The Morgan fingerprint density at radius 3 is 2.69 bits per heavy atom. The number of hydrogen-bond acceptors (Lipinski definition) is 7. The van der Waals surface area contributed by atoms with Crippen molar-refractivity contribution >= 4 is 17.1 Å². The molecule has 0 saturated carbocycles. The first-order chi connectivity index (χ1) is 14.2. The van der Waals surface area contributed by atoms with Crippen LogP contribution in [0.1, 0.15) is 31.9 Å². The first kappa shape index (κ1) is 18.3. The van der Waals surface area contributed by atoms with Gasteiger partial charge in [0, 0.05) is 25.3 Å². The monoisotopic (exact) mass is 395 g/mol. The summed E-state index contributed by atoms with van der Waals surface area (Å²) in [5.74, 6) is 1.42. The molecular formula is C21H25N5O3. The molecule has 2 aliphatic rings. The second-order valence-corrected chi connectivity index (χ2v) is 7.63. The zero-order valence-electron chi connectivity index (χ0n) is 16.5. The number of fused-ring (bicyclic) bond motifs is 1. The Morgan fingerprint density at radius 2 is 2.00 bits per heavy atom. The number of aliphatic hydroxyl groups is 1. The molecule has 3 aromatic rings. The SMILES string of the molecule is COc1ccc(-c2nc(N3CCC(O)C3)nc3c2ncn3C2CCCCO2)cc1. The van der Waals surface area contributed by atoms with Gasteiger partial charge in [0.15, 0.2) is 5.65 Å². The largest absolute Gasteiger partial charge is 0.497 e. The van der Waals surface area contributed by atoms with Crippen LogP contribution < -0.4 is 9.64 Å². The van der Waals surface area contributed by atoms with Crippen LogP contribution in [0, 0.1) is 0 Å². The molecule has 152 valence electrons. The maximum absolute atomic E-state index is 9.99. The predicted octanol–water partition coefficient (Wildman–Crippen LogP) is 2.77. The van der Waals surface area contributed by atoms with Crippen LogP contribution in [0.3, 0.4) is 0 Å². The first-order valence-electron chi connectivity index (χ1n) is 10.2. The van der Waals surface area contributed by atoms with Gasteiger partial charge in [-0.25, -0.2) is 9.97 Å². The average molecular weight is 395 g/mol. The Bertz CT molecular complexity index is 997. The molecule has 2 aromatic heterocycles. The molecule has 2 unspecified atom stereocenters. The van der Waals surface area contributed by atoms with E-state index in [1.807, 2.05) is 40.1 Å². The van der Waals surface area contributed by atoms with Crippen molar-refractivity contribution in [1.82, 2.24) is 19.5 Å². The highest BCUT2D eigenvalue weighted by Crippen LogP contribution is 2.32. The third-order valence-electron chi connectivity index (χ3n) is 5.69. The van der Waals surface area contributed by atoms with Gasteiger partial charge in [0.1, 0.15) is 23.2 Å². The minimum atomic E-state index is -0.342. The summed E-state index contributed by atoms with van der Waals surface area (Å²) < 4.78 is 13.3. The molecule has 0 spiro atoms. The topological polar surface area (TPSA) is 85.5 Å². The van der Waals surface area contributed by atoms with E-state index >= 15 is 0 Å². The zero-order chi connectivity index (χ0) is 19.8. The quantitative estimate of drug-likeness (QED) is 0.727. The normalized spacial score (nSPS) is 22.3. The molecule has 0 bridgehead atoms. The molecule has 5 rings (SSSR count). The van der Waals surface area contributed by atoms with Gasteiger partial charge < -0.3 is 19.5 Å². The van der Waals surface area contributed by atoms with E-state index in [0.717, 1.165) is 67.0 Å². The summed E-state index contributed by atoms with van der Waals surface area (Å²) in [7, 11) is 1.65. The van der Waals surface area contributed by atoms with Gasteiger partial charge >= 0.3 is 0 Å². The van der Waals surface area contributed by atoms with Crippen molar-refractivity contribution in [1.29, 1.82) is 0 Å². The standard InChI is InChI=1S/C21H25N5O3/c1-28-16-7-5-14(6-8-16)18-19-20(24-21(23-18)25-10-9-15(27)12-25)26(13-22-19)17-4-2-3-11-29-17/h5-8,13,15,17,27H,2-4,9-12H2,1H3. The molecule has 2 aliphatic heterocycles. The molecule has 8 nitrogen and oxygen atoms in total. The Balaban J connectivity index is 1.64. The van der Waals surface area contributed by atoms with Crippen molar-refractivity contribution < 1.29 is 14.6 Å². The lowest BCUT2D eigenvalue weighted by Gasteiger charge is -2.24. The number of anilines is 1. The summed E-state index contributed by atoms with van der Waals surface area (Å²) in [5, 5.41) is 9.99. The van der Waals surface area contributed by atoms with Gasteiger partial charge in [0.2, 0.25) is 5.95 Å². The molecule has 4 heterocycles. The maximum Gasteiger partial charge on any atom is 0.228 e. The Morgan fingerprint density at radius 1 is 1.14 bits per heavy atom. The highest BCUT2D eigenvalue weighted by Gasteiger charge is 2.26. The van der Waals surface area contributed by atoms with E-state index in [1.165, 1.54) is 0 Å². The van der Waals surface area contributed by atoms with Crippen LogP contribution in [0.5, 0.6) is 5.75 Å². The van der Waals surface area contributed by atoms with Gasteiger partial charge in [-0.15, -0.1) is 0 Å². The molecule has 8 heteroatoms. The number of β-amino-alcohol motifs (C(OH)–C–C–N with tert-alkyl or cyclic N) is 1. The molecule has 2 saturated heterocycles. The fraction of sp³-hybridized carbons (Fsp3) is 0.476. The Hall–Kier alpha value is -2.71. The summed E-state index contributed by atoms with van der Waals surface area (Å²) in [6.07, 6.45) is 5.31.